The van der Waals surface area contributed by atoms with Crippen molar-refractivity contribution in [3.05, 3.63) is 93.7 Å². The minimum atomic E-state index is -0.726. The zero-order chi connectivity index (χ0) is 25.9. The van der Waals surface area contributed by atoms with Crippen molar-refractivity contribution >= 4 is 70.6 Å². The van der Waals surface area contributed by atoms with Crippen LogP contribution in [0, 0.1) is 14.4 Å². The molecule has 0 aliphatic rings. The Hall–Kier alpha value is -3.78. The number of H-pyrrole nitrogens is 2. The summed E-state index contributed by atoms with van der Waals surface area (Å²) in [5.41, 5.74) is 16.3. The van der Waals surface area contributed by atoms with Gasteiger partial charge in [0.1, 0.15) is 17.3 Å². The van der Waals surface area contributed by atoms with Crippen molar-refractivity contribution in [2.45, 2.75) is 0 Å². The van der Waals surface area contributed by atoms with Crippen LogP contribution < -0.4 is 28.3 Å². The van der Waals surface area contributed by atoms with E-state index in [0.717, 1.165) is 0 Å². The van der Waals surface area contributed by atoms with Gasteiger partial charge in [-0.25, -0.2) is 0 Å². The van der Waals surface area contributed by atoms with Gasteiger partial charge in [0.15, 0.2) is 9.54 Å². The van der Waals surface area contributed by atoms with Crippen molar-refractivity contribution in [1.82, 2.24) is 19.1 Å². The fourth-order valence-electron chi connectivity index (χ4n) is 2.94. The maximum absolute atomic E-state index is 11.4. The third kappa shape index (κ3) is 5.17. The lowest BCUT2D eigenvalue weighted by Crippen LogP contribution is -2.20. The molecule has 0 aliphatic carbocycles. The van der Waals surface area contributed by atoms with Crippen LogP contribution in [0.4, 0.5) is 23.0 Å². The fourth-order valence-corrected chi connectivity index (χ4v) is 3.96. The Kier molecular flexibility index (Phi) is 7.86. The van der Waals surface area contributed by atoms with Gasteiger partial charge in [0.05, 0.1) is 21.4 Å². The summed E-state index contributed by atoms with van der Waals surface area (Å²) in [5, 5.41) is 3.44. The van der Waals surface area contributed by atoms with Gasteiger partial charge < -0.3 is 17.2 Å². The Labute approximate surface area is 216 Å². The van der Waals surface area contributed by atoms with Gasteiger partial charge in [0, 0.05) is 0 Å². The van der Waals surface area contributed by atoms with Crippen molar-refractivity contribution in [1.29, 1.82) is 0 Å². The van der Waals surface area contributed by atoms with Crippen molar-refractivity contribution < 1.29 is 0 Å². The summed E-state index contributed by atoms with van der Waals surface area (Å²) in [5.74, 6) is -0.0706. The van der Waals surface area contributed by atoms with Crippen LogP contribution in [-0.4, -0.2) is 19.1 Å². The molecule has 180 valence electrons. The molecule has 0 amide bonds. The SMILES string of the molecule is Nc1c(N)n(-c2ccccc2Cl)c(=S)[nH]c1=O.Nc1c(N=O)c(=O)[nH]c(=S)n1-c1ccccc1Cl. The molecule has 11 nitrogen and oxygen atoms in total. The summed E-state index contributed by atoms with van der Waals surface area (Å²) in [6.45, 7) is 0. The second-order valence-corrected chi connectivity index (χ2v) is 8.30. The van der Waals surface area contributed by atoms with Crippen LogP contribution in [-0.2, 0) is 0 Å². The molecule has 4 aromatic rings. The second kappa shape index (κ2) is 10.7. The summed E-state index contributed by atoms with van der Waals surface area (Å²) in [7, 11) is 0. The Morgan fingerprint density at radius 1 is 0.743 bits per heavy atom. The predicted octanol–water partition coefficient (Wildman–Crippen LogP) is 4.24. The van der Waals surface area contributed by atoms with E-state index in [-0.39, 0.29) is 26.9 Å². The number of aromatic nitrogens is 4. The van der Waals surface area contributed by atoms with Gasteiger partial charge >= 0.3 is 0 Å². The Morgan fingerprint density at radius 3 is 1.63 bits per heavy atom. The highest BCUT2D eigenvalue weighted by Gasteiger charge is 2.14. The molecule has 4 rings (SSSR count). The largest absolute Gasteiger partial charge is 0.391 e. The van der Waals surface area contributed by atoms with E-state index in [2.05, 4.69) is 15.1 Å². The minimum Gasteiger partial charge on any atom is -0.391 e. The van der Waals surface area contributed by atoms with E-state index < -0.39 is 16.8 Å². The molecule has 35 heavy (non-hydrogen) atoms. The first kappa shape index (κ1) is 25.8. The van der Waals surface area contributed by atoms with Gasteiger partial charge in [-0.15, -0.1) is 4.91 Å². The molecule has 0 fully saturated rings. The quantitative estimate of drug-likeness (QED) is 0.185. The predicted molar refractivity (Wildman–Crippen MR) is 143 cm³/mol. The molecule has 0 atom stereocenters. The Bertz CT molecular complexity index is 1680. The lowest BCUT2D eigenvalue weighted by Gasteiger charge is -2.13. The van der Waals surface area contributed by atoms with Crippen LogP contribution >= 0.6 is 47.6 Å². The summed E-state index contributed by atoms with van der Waals surface area (Å²) in [6, 6.07) is 13.7. The van der Waals surface area contributed by atoms with Crippen LogP contribution in [0.3, 0.4) is 0 Å². The number of aromatic amines is 2. The fraction of sp³-hybridized carbons (Fsp3) is 0. The zero-order valence-electron chi connectivity index (χ0n) is 17.5. The summed E-state index contributed by atoms with van der Waals surface area (Å²) < 4.78 is 2.90. The maximum atomic E-state index is 11.4. The van der Waals surface area contributed by atoms with E-state index in [1.165, 1.54) is 9.13 Å². The number of halogens is 2. The van der Waals surface area contributed by atoms with Gasteiger partial charge in [-0.3, -0.25) is 28.7 Å². The van der Waals surface area contributed by atoms with Crippen molar-refractivity contribution in [3.63, 3.8) is 0 Å². The molecule has 0 unspecified atom stereocenters. The number of rotatable bonds is 3. The number of nitrogens with zero attached hydrogens (tertiary/aromatic N) is 3. The number of para-hydroxylation sites is 2. The molecule has 2 heterocycles. The number of anilines is 3. The Balaban J connectivity index is 0.000000196. The number of hydrogen-bond donors (Lipinski definition) is 5. The lowest BCUT2D eigenvalue weighted by atomic mass is 10.3. The number of nitrogens with one attached hydrogen (secondary N) is 2. The van der Waals surface area contributed by atoms with Gasteiger partial charge in [0.2, 0.25) is 5.69 Å². The summed E-state index contributed by atoms with van der Waals surface area (Å²) in [6.07, 6.45) is 0. The molecule has 0 bridgehead atoms. The topological polar surface area (TPSA) is 183 Å². The average molecular weight is 551 g/mol. The molecule has 0 saturated carbocycles. The lowest BCUT2D eigenvalue weighted by molar-refractivity contribution is 0.949. The van der Waals surface area contributed by atoms with Gasteiger partial charge in [0.25, 0.3) is 11.1 Å². The number of benzene rings is 2. The van der Waals surface area contributed by atoms with Gasteiger partial charge in [-0.1, -0.05) is 47.5 Å². The highest BCUT2D eigenvalue weighted by molar-refractivity contribution is 7.71. The monoisotopic (exact) mass is 550 g/mol. The van der Waals surface area contributed by atoms with E-state index in [1.54, 1.807) is 48.5 Å². The molecule has 8 N–H and O–H groups in total. The Morgan fingerprint density at radius 2 is 1.17 bits per heavy atom. The minimum absolute atomic E-state index is 0.0398. The maximum Gasteiger partial charge on any atom is 0.283 e. The smallest absolute Gasteiger partial charge is 0.283 e. The van der Waals surface area contributed by atoms with Crippen LogP contribution in [0.15, 0.2) is 63.3 Å². The third-order valence-electron chi connectivity index (χ3n) is 4.59. The first-order chi connectivity index (χ1) is 16.6. The molecule has 0 saturated heterocycles. The molecular formula is C20H16Cl2N8O3S2. The van der Waals surface area contributed by atoms with Crippen molar-refractivity contribution in [3.8, 4) is 11.4 Å². The highest BCUT2D eigenvalue weighted by atomic mass is 35.5. The molecule has 0 spiro atoms. The number of hydrogen-bond acceptors (Lipinski definition) is 9. The molecular weight excluding hydrogens is 535 g/mol. The second-order valence-electron chi connectivity index (χ2n) is 6.72. The van der Waals surface area contributed by atoms with Crippen molar-refractivity contribution in [2.75, 3.05) is 17.2 Å². The van der Waals surface area contributed by atoms with E-state index in [9.17, 15) is 14.5 Å². The van der Waals surface area contributed by atoms with Gasteiger partial charge in [-0.05, 0) is 53.9 Å². The van der Waals surface area contributed by atoms with Crippen LogP contribution in [0.2, 0.25) is 10.0 Å². The number of nitrogens with two attached hydrogens (primary N) is 3. The zero-order valence-corrected chi connectivity index (χ0v) is 20.6. The summed E-state index contributed by atoms with van der Waals surface area (Å²) in [4.78, 5) is 38.1. The van der Waals surface area contributed by atoms with Crippen LogP contribution in [0.5, 0.6) is 0 Å². The van der Waals surface area contributed by atoms with Crippen LogP contribution in [0.1, 0.15) is 0 Å². The third-order valence-corrected chi connectivity index (χ3v) is 5.79. The molecule has 15 heteroatoms. The molecule has 2 aromatic carbocycles. The standard InChI is InChI=1S/C10H7ClN4O2S.C10H9ClN4OS/c11-5-3-1-2-4-6(5)15-8(12)7(14-17)9(16)13-10(15)18;11-5-3-1-2-4-6(5)15-8(13)7(12)9(16)14-10(15)17/h1-4H,12H2,(H,13,16,18);1-4H,12-13H2,(H,14,16,17). The first-order valence-electron chi connectivity index (χ1n) is 9.46. The number of nitroso groups, excluding NO2 is 1. The van der Waals surface area contributed by atoms with Crippen molar-refractivity contribution in [2.24, 2.45) is 5.18 Å². The highest BCUT2D eigenvalue weighted by Crippen LogP contribution is 2.26. The van der Waals surface area contributed by atoms with Crippen LogP contribution in [0.25, 0.3) is 11.4 Å². The first-order valence-corrected chi connectivity index (χ1v) is 11.0. The number of nitrogen functional groups attached to an aromatic ring is 3. The van der Waals surface area contributed by atoms with E-state index in [4.69, 9.17) is 64.8 Å². The van der Waals surface area contributed by atoms with E-state index in [1.807, 2.05) is 0 Å². The van der Waals surface area contributed by atoms with Gasteiger partial charge in [-0.2, -0.15) is 0 Å². The van der Waals surface area contributed by atoms with E-state index >= 15 is 0 Å². The molecule has 2 aromatic heterocycles. The molecule has 0 radical (unpaired) electrons. The normalized spacial score (nSPS) is 10.3. The molecule has 0 aliphatic heterocycles. The van der Waals surface area contributed by atoms with E-state index in [0.29, 0.717) is 21.4 Å². The average Bonchev–Trinajstić information content (AvgIpc) is 2.80. The summed E-state index contributed by atoms with van der Waals surface area (Å²) >= 11 is 22.1.